The van der Waals surface area contributed by atoms with Crippen LogP contribution in [0.1, 0.15) is 40.2 Å². The van der Waals surface area contributed by atoms with Crippen LogP contribution in [0.4, 0.5) is 5.82 Å². The van der Waals surface area contributed by atoms with Crippen molar-refractivity contribution >= 4 is 5.82 Å². The number of fused-ring (bicyclic) bond motifs is 1. The van der Waals surface area contributed by atoms with Crippen LogP contribution in [0.5, 0.6) is 0 Å². The third-order valence-corrected chi connectivity index (χ3v) is 2.42. The third kappa shape index (κ3) is 3.90. The lowest BCUT2D eigenvalue weighted by Gasteiger charge is -2.06. The molecule has 0 amide bonds. The second-order valence-electron chi connectivity index (χ2n) is 3.54. The van der Waals surface area contributed by atoms with Crippen LogP contribution in [0.15, 0.2) is 18.3 Å². The lowest BCUT2D eigenvalue weighted by molar-refractivity contribution is 0.571. The normalized spacial score (nSPS) is 18.2. The summed E-state index contributed by atoms with van der Waals surface area (Å²) < 4.78 is 0. The lowest BCUT2D eigenvalue weighted by Crippen LogP contribution is -2.08. The lowest BCUT2D eigenvalue weighted by atomic mass is 10.0. The van der Waals surface area contributed by atoms with Crippen LogP contribution in [0.3, 0.4) is 0 Å². The van der Waals surface area contributed by atoms with E-state index in [1.54, 1.807) is 0 Å². The number of anilines is 1. The molecule has 0 aliphatic carbocycles. The van der Waals surface area contributed by atoms with E-state index in [0.29, 0.717) is 0 Å². The molecule has 0 bridgehead atoms. The minimum absolute atomic E-state index is 0. The zero-order valence-corrected chi connectivity index (χ0v) is 9.38. The number of nitrogens with zero attached hydrogens (tertiary/aromatic N) is 1. The molecular weight excluding hydrogens is 184 g/mol. The SMILES string of the molecule is C.CC.CC1CCc2cccnc2NC1. The molecule has 0 saturated heterocycles. The maximum absolute atomic E-state index is 4.30. The Morgan fingerprint density at radius 1 is 1.40 bits per heavy atom. The zero-order valence-electron chi connectivity index (χ0n) is 9.38. The molecule has 1 aromatic rings. The van der Waals surface area contributed by atoms with Gasteiger partial charge in [0.05, 0.1) is 0 Å². The van der Waals surface area contributed by atoms with Crippen LogP contribution in [0.25, 0.3) is 0 Å². The Hall–Kier alpha value is -1.05. The van der Waals surface area contributed by atoms with E-state index in [2.05, 4.69) is 23.3 Å². The van der Waals surface area contributed by atoms with Crippen LogP contribution >= 0.6 is 0 Å². The van der Waals surface area contributed by atoms with E-state index >= 15 is 0 Å². The molecule has 2 heteroatoms. The molecule has 2 heterocycles. The first-order valence-electron chi connectivity index (χ1n) is 5.54. The molecule has 1 aromatic heterocycles. The number of aryl methyl sites for hydroxylation is 1. The predicted molar refractivity (Wildman–Crippen MR) is 68.3 cm³/mol. The van der Waals surface area contributed by atoms with Crippen LogP contribution in [0, 0.1) is 5.92 Å². The van der Waals surface area contributed by atoms with Gasteiger partial charge in [0.2, 0.25) is 0 Å². The molecule has 2 rings (SSSR count). The van der Waals surface area contributed by atoms with Gasteiger partial charge in [-0.05, 0) is 30.4 Å². The van der Waals surface area contributed by atoms with Crippen molar-refractivity contribution in [2.24, 2.45) is 5.92 Å². The molecular formula is C13H24N2. The number of aromatic nitrogens is 1. The van der Waals surface area contributed by atoms with E-state index in [1.165, 1.54) is 12.0 Å². The van der Waals surface area contributed by atoms with E-state index < -0.39 is 0 Å². The monoisotopic (exact) mass is 208 g/mol. The molecule has 0 radical (unpaired) electrons. The fourth-order valence-electron chi connectivity index (χ4n) is 1.57. The number of rotatable bonds is 0. The van der Waals surface area contributed by atoms with Crippen molar-refractivity contribution in [2.75, 3.05) is 11.9 Å². The molecule has 1 N–H and O–H groups in total. The summed E-state index contributed by atoms with van der Waals surface area (Å²) in [6.45, 7) is 7.34. The summed E-state index contributed by atoms with van der Waals surface area (Å²) >= 11 is 0. The van der Waals surface area contributed by atoms with E-state index in [4.69, 9.17) is 0 Å². The van der Waals surface area contributed by atoms with Gasteiger partial charge in [0.1, 0.15) is 5.82 Å². The zero-order chi connectivity index (χ0) is 10.4. The summed E-state index contributed by atoms with van der Waals surface area (Å²) in [5.74, 6) is 1.85. The van der Waals surface area contributed by atoms with Crippen molar-refractivity contribution in [2.45, 2.75) is 41.0 Å². The summed E-state index contributed by atoms with van der Waals surface area (Å²) in [7, 11) is 0. The van der Waals surface area contributed by atoms with Gasteiger partial charge in [-0.15, -0.1) is 0 Å². The number of hydrogen-bond acceptors (Lipinski definition) is 2. The quantitative estimate of drug-likeness (QED) is 0.702. The minimum Gasteiger partial charge on any atom is -0.370 e. The summed E-state index contributed by atoms with van der Waals surface area (Å²) in [4.78, 5) is 4.30. The summed E-state index contributed by atoms with van der Waals surface area (Å²) in [5.41, 5.74) is 1.36. The van der Waals surface area contributed by atoms with Crippen molar-refractivity contribution in [1.82, 2.24) is 4.98 Å². The largest absolute Gasteiger partial charge is 0.370 e. The Labute approximate surface area is 94.1 Å². The van der Waals surface area contributed by atoms with Crippen LogP contribution in [-0.4, -0.2) is 11.5 Å². The highest BCUT2D eigenvalue weighted by molar-refractivity contribution is 5.44. The molecule has 2 nitrogen and oxygen atoms in total. The Kier molecular flexibility index (Phi) is 6.76. The standard InChI is InChI=1S/C10H14N2.C2H6.CH4/c1-8-4-5-9-3-2-6-11-10(9)12-7-8;1-2;/h2-3,6,8H,4-5,7H2,1H3,(H,11,12);1-2H3;1H4. The van der Waals surface area contributed by atoms with Gasteiger partial charge in [-0.1, -0.05) is 34.3 Å². The van der Waals surface area contributed by atoms with Crippen molar-refractivity contribution in [1.29, 1.82) is 0 Å². The Bertz CT molecular complexity index is 244. The average Bonchev–Trinajstić information content (AvgIpc) is 2.45. The average molecular weight is 208 g/mol. The third-order valence-electron chi connectivity index (χ3n) is 2.42. The highest BCUT2D eigenvalue weighted by Crippen LogP contribution is 2.20. The number of hydrogen-bond donors (Lipinski definition) is 1. The van der Waals surface area contributed by atoms with Crippen LogP contribution in [-0.2, 0) is 6.42 Å². The fourth-order valence-corrected chi connectivity index (χ4v) is 1.57. The van der Waals surface area contributed by atoms with Crippen molar-refractivity contribution in [3.63, 3.8) is 0 Å². The number of nitrogens with one attached hydrogen (secondary N) is 1. The van der Waals surface area contributed by atoms with E-state index in [0.717, 1.165) is 24.7 Å². The van der Waals surface area contributed by atoms with Gasteiger partial charge in [-0.2, -0.15) is 0 Å². The van der Waals surface area contributed by atoms with Gasteiger partial charge in [0.25, 0.3) is 0 Å². The van der Waals surface area contributed by atoms with Gasteiger partial charge in [-0.3, -0.25) is 0 Å². The Balaban J connectivity index is 0.000000617. The molecule has 0 spiro atoms. The van der Waals surface area contributed by atoms with Crippen LogP contribution in [0.2, 0.25) is 0 Å². The van der Waals surface area contributed by atoms with Crippen molar-refractivity contribution in [3.8, 4) is 0 Å². The maximum atomic E-state index is 4.30. The predicted octanol–water partition coefficient (Wildman–Crippen LogP) is 3.74. The molecule has 1 atom stereocenters. The molecule has 1 unspecified atom stereocenters. The van der Waals surface area contributed by atoms with Gasteiger partial charge in [0, 0.05) is 12.7 Å². The molecule has 0 aromatic carbocycles. The molecule has 86 valence electrons. The first-order valence-corrected chi connectivity index (χ1v) is 5.54. The van der Waals surface area contributed by atoms with E-state index in [-0.39, 0.29) is 7.43 Å². The topological polar surface area (TPSA) is 24.9 Å². The van der Waals surface area contributed by atoms with Crippen LogP contribution < -0.4 is 5.32 Å². The molecule has 15 heavy (non-hydrogen) atoms. The first kappa shape index (κ1) is 13.9. The molecule has 1 aliphatic rings. The van der Waals surface area contributed by atoms with Gasteiger partial charge >= 0.3 is 0 Å². The maximum Gasteiger partial charge on any atom is 0.129 e. The Morgan fingerprint density at radius 2 is 2.13 bits per heavy atom. The smallest absolute Gasteiger partial charge is 0.129 e. The molecule has 0 fully saturated rings. The van der Waals surface area contributed by atoms with E-state index in [9.17, 15) is 0 Å². The fraction of sp³-hybridized carbons (Fsp3) is 0.615. The minimum atomic E-state index is 0. The van der Waals surface area contributed by atoms with Gasteiger partial charge in [0.15, 0.2) is 0 Å². The summed E-state index contributed by atoms with van der Waals surface area (Å²) in [6, 6.07) is 4.17. The molecule has 1 aliphatic heterocycles. The van der Waals surface area contributed by atoms with Gasteiger partial charge < -0.3 is 5.32 Å². The first-order chi connectivity index (χ1) is 6.86. The van der Waals surface area contributed by atoms with Gasteiger partial charge in [-0.25, -0.2) is 4.98 Å². The highest BCUT2D eigenvalue weighted by atomic mass is 15.0. The second-order valence-corrected chi connectivity index (χ2v) is 3.54. The number of pyridine rings is 1. The summed E-state index contributed by atoms with van der Waals surface area (Å²) in [6.07, 6.45) is 4.28. The Morgan fingerprint density at radius 3 is 2.87 bits per heavy atom. The van der Waals surface area contributed by atoms with Crippen molar-refractivity contribution < 1.29 is 0 Å². The second kappa shape index (κ2) is 7.27. The highest BCUT2D eigenvalue weighted by Gasteiger charge is 2.11. The van der Waals surface area contributed by atoms with Crippen molar-refractivity contribution in [3.05, 3.63) is 23.9 Å². The van der Waals surface area contributed by atoms with E-state index in [1.807, 2.05) is 26.1 Å². The summed E-state index contributed by atoms with van der Waals surface area (Å²) in [5, 5.41) is 3.36. The molecule has 0 saturated carbocycles.